The maximum Gasteiger partial charge on any atom is 0.338 e. The fourth-order valence-corrected chi connectivity index (χ4v) is 3.27. The molecule has 0 aliphatic carbocycles. The van der Waals surface area contributed by atoms with Gasteiger partial charge in [0.25, 0.3) is 0 Å². The Morgan fingerprint density at radius 1 is 1.21 bits per heavy atom. The Labute approximate surface area is 161 Å². The van der Waals surface area contributed by atoms with E-state index < -0.39 is 12.0 Å². The highest BCUT2D eigenvalue weighted by Crippen LogP contribution is 2.38. The molecular weight excluding hydrogens is 354 g/mol. The quantitative estimate of drug-likeness (QED) is 0.708. The molecule has 2 heterocycles. The van der Waals surface area contributed by atoms with Gasteiger partial charge >= 0.3 is 5.97 Å². The van der Waals surface area contributed by atoms with Crippen LogP contribution in [0.25, 0.3) is 5.70 Å². The van der Waals surface area contributed by atoms with Crippen molar-refractivity contribution in [2.75, 3.05) is 11.9 Å². The molecule has 0 unspecified atom stereocenters. The molecule has 7 heteroatoms. The molecular formula is C21H17N5O2. The normalized spacial score (nSPS) is 15.4. The van der Waals surface area contributed by atoms with E-state index in [4.69, 9.17) is 10.00 Å². The standard InChI is InChI=1S/C21H17N5O2/c1-2-28-20(27)17-18(15-6-4-3-5-7-15)25-21-23-13-24-26(21)19(17)16-10-8-14(12-22)9-11-16/h3-11,13,19H,2H2,1H3,(H,23,24,25)/t19-/m0/s1. The second kappa shape index (κ2) is 7.37. The van der Waals surface area contributed by atoms with Gasteiger partial charge in [-0.05, 0) is 30.2 Å². The van der Waals surface area contributed by atoms with E-state index in [1.807, 2.05) is 42.5 Å². The van der Waals surface area contributed by atoms with Gasteiger partial charge in [-0.2, -0.15) is 15.3 Å². The van der Waals surface area contributed by atoms with Crippen LogP contribution in [0, 0.1) is 11.3 Å². The number of carbonyl (C=O) groups is 1. The zero-order chi connectivity index (χ0) is 19.5. The first-order chi connectivity index (χ1) is 13.7. The number of nitrogens with one attached hydrogen (secondary N) is 1. The van der Waals surface area contributed by atoms with Crippen LogP contribution >= 0.6 is 0 Å². The van der Waals surface area contributed by atoms with E-state index in [1.165, 1.54) is 6.33 Å². The molecule has 0 radical (unpaired) electrons. The Morgan fingerprint density at radius 2 is 1.96 bits per heavy atom. The first kappa shape index (κ1) is 17.5. The minimum absolute atomic E-state index is 0.259. The summed E-state index contributed by atoms with van der Waals surface area (Å²) >= 11 is 0. The Kier molecular flexibility index (Phi) is 4.60. The number of carbonyl (C=O) groups excluding carboxylic acids is 1. The molecule has 1 atom stereocenters. The lowest BCUT2D eigenvalue weighted by Gasteiger charge is -2.29. The van der Waals surface area contributed by atoms with Crippen LogP contribution in [0.2, 0.25) is 0 Å². The first-order valence-electron chi connectivity index (χ1n) is 8.86. The van der Waals surface area contributed by atoms with Gasteiger partial charge in [0.2, 0.25) is 5.95 Å². The number of rotatable bonds is 4. The number of nitrogens with zero attached hydrogens (tertiary/aromatic N) is 4. The summed E-state index contributed by atoms with van der Waals surface area (Å²) < 4.78 is 7.02. The van der Waals surface area contributed by atoms with Gasteiger partial charge < -0.3 is 10.1 Å². The van der Waals surface area contributed by atoms with E-state index in [0.29, 0.717) is 22.8 Å². The van der Waals surface area contributed by atoms with Crippen molar-refractivity contribution in [3.05, 3.63) is 83.2 Å². The number of anilines is 1. The van der Waals surface area contributed by atoms with E-state index in [-0.39, 0.29) is 6.61 Å². The maximum atomic E-state index is 13.0. The number of hydrogen-bond donors (Lipinski definition) is 1. The van der Waals surface area contributed by atoms with Crippen LogP contribution in [-0.4, -0.2) is 27.3 Å². The Bertz CT molecular complexity index is 1080. The monoisotopic (exact) mass is 371 g/mol. The lowest BCUT2D eigenvalue weighted by molar-refractivity contribution is -0.138. The smallest absolute Gasteiger partial charge is 0.338 e. The van der Waals surface area contributed by atoms with Crippen molar-refractivity contribution in [1.82, 2.24) is 14.8 Å². The summed E-state index contributed by atoms with van der Waals surface area (Å²) in [7, 11) is 0. The first-order valence-corrected chi connectivity index (χ1v) is 8.86. The lowest BCUT2D eigenvalue weighted by atomic mass is 9.92. The SMILES string of the molecule is CCOC(=O)C1=C(c2ccccc2)Nc2ncnn2[C@H]1c1ccc(C#N)cc1. The van der Waals surface area contributed by atoms with Crippen molar-refractivity contribution >= 4 is 17.6 Å². The van der Waals surface area contributed by atoms with Crippen molar-refractivity contribution < 1.29 is 9.53 Å². The second-order valence-corrected chi connectivity index (χ2v) is 6.16. The summed E-state index contributed by atoms with van der Waals surface area (Å²) in [5, 5.41) is 16.6. The van der Waals surface area contributed by atoms with Crippen molar-refractivity contribution in [3.63, 3.8) is 0 Å². The van der Waals surface area contributed by atoms with Crippen LogP contribution in [0.3, 0.4) is 0 Å². The average Bonchev–Trinajstić information content (AvgIpc) is 3.21. The molecule has 138 valence electrons. The van der Waals surface area contributed by atoms with Crippen molar-refractivity contribution in [2.45, 2.75) is 13.0 Å². The predicted octanol–water partition coefficient (Wildman–Crippen LogP) is 3.14. The molecule has 4 rings (SSSR count). The highest BCUT2D eigenvalue weighted by atomic mass is 16.5. The molecule has 3 aromatic rings. The number of hydrogen-bond acceptors (Lipinski definition) is 6. The van der Waals surface area contributed by atoms with E-state index in [9.17, 15) is 4.79 Å². The molecule has 1 aliphatic heterocycles. The van der Waals surface area contributed by atoms with Crippen molar-refractivity contribution in [3.8, 4) is 6.07 Å². The summed E-state index contributed by atoms with van der Waals surface area (Å²) in [5.74, 6) is 0.102. The number of benzene rings is 2. The van der Waals surface area contributed by atoms with Gasteiger partial charge in [-0.3, -0.25) is 0 Å². The molecule has 1 aliphatic rings. The minimum Gasteiger partial charge on any atom is -0.463 e. The molecule has 1 aromatic heterocycles. The molecule has 0 amide bonds. The third-order valence-corrected chi connectivity index (χ3v) is 4.51. The molecule has 1 N–H and O–H groups in total. The van der Waals surface area contributed by atoms with E-state index in [1.54, 1.807) is 23.7 Å². The fourth-order valence-electron chi connectivity index (χ4n) is 3.27. The summed E-state index contributed by atoms with van der Waals surface area (Å²) in [6.07, 6.45) is 1.44. The van der Waals surface area contributed by atoms with E-state index in [2.05, 4.69) is 21.5 Å². The molecule has 2 aromatic carbocycles. The molecule has 28 heavy (non-hydrogen) atoms. The van der Waals surface area contributed by atoms with Crippen LogP contribution in [0.15, 0.2) is 66.5 Å². The van der Waals surface area contributed by atoms with Gasteiger partial charge in [-0.15, -0.1) is 0 Å². The van der Waals surface area contributed by atoms with Crippen LogP contribution in [0.5, 0.6) is 0 Å². The number of fused-ring (bicyclic) bond motifs is 1. The molecule has 0 spiro atoms. The summed E-state index contributed by atoms with van der Waals surface area (Å²) in [4.78, 5) is 17.3. The molecule has 7 nitrogen and oxygen atoms in total. The van der Waals surface area contributed by atoms with Gasteiger partial charge in [0, 0.05) is 0 Å². The van der Waals surface area contributed by atoms with Crippen LogP contribution < -0.4 is 5.32 Å². The largest absolute Gasteiger partial charge is 0.463 e. The third-order valence-electron chi connectivity index (χ3n) is 4.51. The number of esters is 1. The van der Waals surface area contributed by atoms with Gasteiger partial charge in [-0.25, -0.2) is 9.48 Å². The van der Waals surface area contributed by atoms with Gasteiger partial charge in [0.05, 0.1) is 29.5 Å². The zero-order valence-electron chi connectivity index (χ0n) is 15.2. The molecule has 0 fully saturated rings. The van der Waals surface area contributed by atoms with Crippen molar-refractivity contribution in [2.24, 2.45) is 0 Å². The predicted molar refractivity (Wildman–Crippen MR) is 103 cm³/mol. The van der Waals surface area contributed by atoms with Crippen LogP contribution in [0.4, 0.5) is 5.95 Å². The number of nitriles is 1. The second-order valence-electron chi connectivity index (χ2n) is 6.16. The Morgan fingerprint density at radius 3 is 2.64 bits per heavy atom. The minimum atomic E-state index is -0.527. The van der Waals surface area contributed by atoms with Gasteiger partial charge in [-0.1, -0.05) is 42.5 Å². The van der Waals surface area contributed by atoms with Crippen LogP contribution in [0.1, 0.15) is 29.7 Å². The average molecular weight is 371 g/mol. The highest BCUT2D eigenvalue weighted by Gasteiger charge is 2.36. The number of aromatic nitrogens is 3. The van der Waals surface area contributed by atoms with Crippen LogP contribution in [-0.2, 0) is 9.53 Å². The summed E-state index contributed by atoms with van der Waals surface area (Å²) in [6.45, 7) is 2.03. The maximum absolute atomic E-state index is 13.0. The van der Waals surface area contributed by atoms with Gasteiger partial charge in [0.15, 0.2) is 0 Å². The lowest BCUT2D eigenvalue weighted by Crippen LogP contribution is -2.30. The fraction of sp³-hybridized carbons (Fsp3) is 0.143. The summed E-state index contributed by atoms with van der Waals surface area (Å²) in [5.41, 5.74) is 3.27. The van der Waals surface area contributed by atoms with Crippen molar-refractivity contribution in [1.29, 1.82) is 5.26 Å². The highest BCUT2D eigenvalue weighted by molar-refractivity contribution is 6.02. The summed E-state index contributed by atoms with van der Waals surface area (Å²) in [6, 6.07) is 18.2. The zero-order valence-corrected chi connectivity index (χ0v) is 15.2. The van der Waals surface area contributed by atoms with Gasteiger partial charge in [0.1, 0.15) is 12.4 Å². The molecule has 0 saturated carbocycles. The Balaban J connectivity index is 1.94. The number of ether oxygens (including phenoxy) is 1. The van der Waals surface area contributed by atoms with E-state index in [0.717, 1.165) is 11.1 Å². The molecule has 0 bridgehead atoms. The van der Waals surface area contributed by atoms with E-state index >= 15 is 0 Å². The third kappa shape index (κ3) is 3.01. The Hall–Kier alpha value is -3.92. The topological polar surface area (TPSA) is 92.8 Å². The molecule has 0 saturated heterocycles.